The Bertz CT molecular complexity index is 846. The number of rotatable bonds is 5. The molecule has 7 nitrogen and oxygen atoms in total. The number of piperidine rings is 1. The molecule has 0 bridgehead atoms. The molecule has 0 saturated carbocycles. The van der Waals surface area contributed by atoms with Gasteiger partial charge in [0.05, 0.1) is 12.6 Å². The van der Waals surface area contributed by atoms with E-state index in [0.29, 0.717) is 18.2 Å². The summed E-state index contributed by atoms with van der Waals surface area (Å²) in [6.07, 6.45) is 11.7. The van der Waals surface area contributed by atoms with Gasteiger partial charge in [0.25, 0.3) is 5.91 Å². The van der Waals surface area contributed by atoms with Crippen LogP contribution in [0.4, 0.5) is 5.82 Å². The van der Waals surface area contributed by atoms with Gasteiger partial charge in [0, 0.05) is 29.2 Å². The summed E-state index contributed by atoms with van der Waals surface area (Å²) in [7, 11) is 0. The number of hydrogen-bond donors (Lipinski definition) is 2. The normalized spacial score (nSPS) is 17.1. The maximum atomic E-state index is 12.7. The van der Waals surface area contributed by atoms with Gasteiger partial charge in [0.15, 0.2) is 11.6 Å². The largest absolute Gasteiger partial charge is 0.281 e. The van der Waals surface area contributed by atoms with Gasteiger partial charge in [-0.05, 0) is 45.4 Å². The van der Waals surface area contributed by atoms with Crippen LogP contribution in [-0.4, -0.2) is 44.9 Å². The van der Waals surface area contributed by atoms with Gasteiger partial charge in [-0.2, -0.15) is 0 Å². The zero-order valence-electron chi connectivity index (χ0n) is 15.7. The highest BCUT2D eigenvalue weighted by Crippen LogP contribution is 2.21. The van der Waals surface area contributed by atoms with E-state index in [2.05, 4.69) is 31.7 Å². The van der Waals surface area contributed by atoms with Crippen LogP contribution in [0.3, 0.4) is 0 Å². The minimum atomic E-state index is -0.219. The molecular weight excluding hydrogens is 340 g/mol. The molecule has 0 aliphatic carbocycles. The highest BCUT2D eigenvalue weighted by molar-refractivity contribution is 5.83. The van der Waals surface area contributed by atoms with Crippen LogP contribution in [0.15, 0.2) is 24.5 Å². The highest BCUT2D eigenvalue weighted by atomic mass is 16.2. The van der Waals surface area contributed by atoms with Crippen LogP contribution in [0.25, 0.3) is 11.4 Å². The first kappa shape index (κ1) is 18.8. The van der Waals surface area contributed by atoms with Crippen molar-refractivity contribution in [1.82, 2.24) is 25.3 Å². The van der Waals surface area contributed by atoms with Crippen molar-refractivity contribution in [2.45, 2.75) is 39.2 Å². The van der Waals surface area contributed by atoms with Crippen LogP contribution in [0, 0.1) is 26.2 Å². The van der Waals surface area contributed by atoms with Gasteiger partial charge in [0.1, 0.15) is 0 Å². The number of aromatic nitrogens is 3. The number of hydrogen-bond acceptors (Lipinski definition) is 6. The smallest absolute Gasteiger partial charge is 0.255 e. The molecule has 0 radical (unpaired) electrons. The summed E-state index contributed by atoms with van der Waals surface area (Å²) in [5, 5.41) is 0. The van der Waals surface area contributed by atoms with Crippen molar-refractivity contribution in [2.24, 2.45) is 0 Å². The summed E-state index contributed by atoms with van der Waals surface area (Å²) >= 11 is 0. The van der Waals surface area contributed by atoms with Gasteiger partial charge < -0.3 is 0 Å². The van der Waals surface area contributed by atoms with Gasteiger partial charge in [-0.25, -0.2) is 9.97 Å². The summed E-state index contributed by atoms with van der Waals surface area (Å²) < 4.78 is 0. The average molecular weight is 364 g/mol. The predicted octanol–water partition coefficient (Wildman–Crippen LogP) is 2.09. The summed E-state index contributed by atoms with van der Waals surface area (Å²) in [6, 6.07) is 3.52. The van der Waals surface area contributed by atoms with Gasteiger partial charge in [-0.1, -0.05) is 12.3 Å². The minimum Gasteiger partial charge on any atom is -0.281 e. The number of likely N-dealkylation sites (tertiary alicyclic amines) is 1. The number of hydrazine groups is 1. The van der Waals surface area contributed by atoms with Crippen molar-refractivity contribution in [3.63, 3.8) is 0 Å². The molecule has 1 fully saturated rings. The van der Waals surface area contributed by atoms with Crippen LogP contribution < -0.4 is 10.9 Å². The van der Waals surface area contributed by atoms with E-state index in [1.807, 2.05) is 30.9 Å². The lowest BCUT2D eigenvalue weighted by Gasteiger charge is -2.33. The van der Waals surface area contributed by atoms with Gasteiger partial charge in [-0.15, -0.1) is 6.42 Å². The van der Waals surface area contributed by atoms with Crippen LogP contribution in [0.5, 0.6) is 0 Å². The first-order chi connectivity index (χ1) is 13.1. The molecule has 2 N–H and O–H groups in total. The van der Waals surface area contributed by atoms with Crippen LogP contribution >= 0.6 is 0 Å². The van der Waals surface area contributed by atoms with Gasteiger partial charge in [0.2, 0.25) is 0 Å². The van der Waals surface area contributed by atoms with Crippen molar-refractivity contribution >= 4 is 11.7 Å². The SMILES string of the molecule is C#CCN1CCCCC1C(=O)NNc1nc(-c2cccnc2)nc(C)c1C. The zero-order chi connectivity index (χ0) is 19.2. The Hall–Kier alpha value is -2.98. The van der Waals surface area contributed by atoms with Crippen LogP contribution in [0.2, 0.25) is 0 Å². The van der Waals surface area contributed by atoms with Gasteiger partial charge in [-0.3, -0.25) is 25.5 Å². The Morgan fingerprint density at radius 2 is 2.22 bits per heavy atom. The molecule has 1 aliphatic heterocycles. The molecule has 1 saturated heterocycles. The average Bonchev–Trinajstić information content (AvgIpc) is 2.70. The van der Waals surface area contributed by atoms with Crippen molar-refractivity contribution in [1.29, 1.82) is 0 Å². The number of pyridine rings is 1. The molecule has 1 aliphatic rings. The molecule has 1 unspecified atom stereocenters. The predicted molar refractivity (Wildman–Crippen MR) is 105 cm³/mol. The molecule has 0 aromatic carbocycles. The quantitative estimate of drug-likeness (QED) is 0.624. The number of carbonyl (C=O) groups excluding carboxylic acids is 1. The third kappa shape index (κ3) is 4.41. The number of carbonyl (C=O) groups is 1. The Balaban J connectivity index is 1.74. The molecular formula is C20H24N6O. The maximum absolute atomic E-state index is 12.7. The topological polar surface area (TPSA) is 83.0 Å². The minimum absolute atomic E-state index is 0.0939. The number of nitrogens with zero attached hydrogens (tertiary/aromatic N) is 4. The molecule has 3 rings (SSSR count). The van der Waals surface area contributed by atoms with E-state index >= 15 is 0 Å². The molecule has 1 amide bonds. The summed E-state index contributed by atoms with van der Waals surface area (Å²) in [4.78, 5) is 27.9. The van der Waals surface area contributed by atoms with E-state index in [-0.39, 0.29) is 11.9 Å². The third-order valence-corrected chi connectivity index (χ3v) is 4.82. The second-order valence-corrected chi connectivity index (χ2v) is 6.65. The summed E-state index contributed by atoms with van der Waals surface area (Å²) in [6.45, 7) is 5.16. The number of terminal acetylenes is 1. The van der Waals surface area contributed by atoms with Crippen LogP contribution in [-0.2, 0) is 4.79 Å². The molecule has 2 aromatic rings. The molecule has 3 heterocycles. The lowest BCUT2D eigenvalue weighted by molar-refractivity contribution is -0.126. The highest BCUT2D eigenvalue weighted by Gasteiger charge is 2.28. The molecule has 1 atom stereocenters. The number of nitrogens with one attached hydrogen (secondary N) is 2. The molecule has 2 aromatic heterocycles. The van der Waals surface area contributed by atoms with Gasteiger partial charge >= 0.3 is 0 Å². The Kier molecular flexibility index (Phi) is 5.99. The monoisotopic (exact) mass is 364 g/mol. The molecule has 0 spiro atoms. The zero-order valence-corrected chi connectivity index (χ0v) is 15.7. The fourth-order valence-electron chi connectivity index (χ4n) is 3.17. The van der Waals surface area contributed by atoms with Crippen LogP contribution in [0.1, 0.15) is 30.5 Å². The molecule has 140 valence electrons. The Labute approximate surface area is 159 Å². The summed E-state index contributed by atoms with van der Waals surface area (Å²) in [5.41, 5.74) is 8.32. The number of amides is 1. The standard InChI is InChI=1S/C20H24N6O/c1-4-11-26-12-6-5-9-17(26)20(27)25-24-18-14(2)15(3)22-19(23-18)16-8-7-10-21-13-16/h1,7-8,10,13,17H,5-6,9,11-12H2,2-3H3,(H,25,27)(H,22,23,24). The van der Waals surface area contributed by atoms with Crippen molar-refractivity contribution < 1.29 is 4.79 Å². The second-order valence-electron chi connectivity index (χ2n) is 6.65. The number of anilines is 1. The second kappa shape index (κ2) is 8.60. The fraction of sp³-hybridized carbons (Fsp3) is 0.400. The van der Waals surface area contributed by atoms with E-state index in [9.17, 15) is 4.79 Å². The lowest BCUT2D eigenvalue weighted by atomic mass is 10.0. The van der Waals surface area contributed by atoms with E-state index < -0.39 is 0 Å². The Morgan fingerprint density at radius 3 is 2.96 bits per heavy atom. The van der Waals surface area contributed by atoms with E-state index in [1.54, 1.807) is 12.4 Å². The van der Waals surface area contributed by atoms with Crippen molar-refractivity contribution in [2.75, 3.05) is 18.5 Å². The summed E-state index contributed by atoms with van der Waals surface area (Å²) in [5.74, 6) is 3.69. The van der Waals surface area contributed by atoms with Crippen molar-refractivity contribution in [3.05, 3.63) is 35.8 Å². The lowest BCUT2D eigenvalue weighted by Crippen LogP contribution is -2.50. The first-order valence-corrected chi connectivity index (χ1v) is 9.09. The number of aryl methyl sites for hydroxylation is 1. The fourth-order valence-corrected chi connectivity index (χ4v) is 3.17. The first-order valence-electron chi connectivity index (χ1n) is 9.09. The third-order valence-electron chi connectivity index (χ3n) is 4.82. The molecule has 7 heteroatoms. The molecule has 27 heavy (non-hydrogen) atoms. The Morgan fingerprint density at radius 1 is 1.37 bits per heavy atom. The van der Waals surface area contributed by atoms with E-state index in [4.69, 9.17) is 6.42 Å². The van der Waals surface area contributed by atoms with Crippen molar-refractivity contribution in [3.8, 4) is 23.7 Å². The van der Waals surface area contributed by atoms with E-state index in [1.165, 1.54) is 0 Å². The maximum Gasteiger partial charge on any atom is 0.255 e. The van der Waals surface area contributed by atoms with E-state index in [0.717, 1.165) is 42.6 Å².